The number of rotatable bonds is 7. The molecule has 0 spiro atoms. The Hall–Kier alpha value is -1.78. The van der Waals surface area contributed by atoms with Crippen LogP contribution in [0.4, 0.5) is 5.69 Å². The Balaban J connectivity index is 1.89. The number of ether oxygens (including phenoxy) is 2. The summed E-state index contributed by atoms with van der Waals surface area (Å²) in [4.78, 5) is 10.3. The monoisotopic (exact) mass is 265 g/mol. The van der Waals surface area contributed by atoms with Crippen LogP contribution in [0, 0.1) is 22.0 Å². The van der Waals surface area contributed by atoms with E-state index in [-0.39, 0.29) is 5.69 Å². The maximum Gasteiger partial charge on any atom is 0.273 e. The zero-order valence-corrected chi connectivity index (χ0v) is 11.3. The van der Waals surface area contributed by atoms with Crippen LogP contribution >= 0.6 is 0 Å². The summed E-state index contributed by atoms with van der Waals surface area (Å²) in [7, 11) is 1.53. The van der Waals surface area contributed by atoms with Crippen LogP contribution in [0.1, 0.15) is 26.2 Å². The van der Waals surface area contributed by atoms with Gasteiger partial charge in [0, 0.05) is 6.07 Å². The lowest BCUT2D eigenvalue weighted by Gasteiger charge is -2.10. The van der Waals surface area contributed by atoms with Gasteiger partial charge < -0.3 is 9.47 Å². The molecule has 104 valence electrons. The van der Waals surface area contributed by atoms with Gasteiger partial charge in [-0.1, -0.05) is 6.92 Å². The van der Waals surface area contributed by atoms with Gasteiger partial charge in [-0.25, -0.2) is 0 Å². The van der Waals surface area contributed by atoms with E-state index in [1.165, 1.54) is 32.1 Å². The highest BCUT2D eigenvalue weighted by molar-refractivity contribution is 5.48. The number of nitro benzene ring substituents is 1. The Morgan fingerprint density at radius 3 is 2.74 bits per heavy atom. The maximum absolute atomic E-state index is 10.7. The fourth-order valence-corrected chi connectivity index (χ4v) is 2.22. The van der Waals surface area contributed by atoms with E-state index in [0.717, 1.165) is 18.3 Å². The largest absolute Gasteiger partial charge is 0.493 e. The molecular formula is C14H19NO4. The molecule has 0 heterocycles. The molecule has 5 nitrogen and oxygen atoms in total. The molecule has 0 amide bonds. The van der Waals surface area contributed by atoms with Crippen molar-refractivity contribution < 1.29 is 14.4 Å². The maximum atomic E-state index is 10.7. The summed E-state index contributed by atoms with van der Waals surface area (Å²) in [6.07, 6.45) is 3.46. The third-order valence-electron chi connectivity index (χ3n) is 3.61. The SMILES string of the molecule is COc1ccc([N+](=O)[O-])cc1OCCC[C@H]1C[C@H]1C. The minimum absolute atomic E-state index is 0.0200. The second kappa shape index (κ2) is 5.91. The van der Waals surface area contributed by atoms with Crippen molar-refractivity contribution in [1.82, 2.24) is 0 Å². The zero-order chi connectivity index (χ0) is 13.8. The van der Waals surface area contributed by atoms with Crippen LogP contribution in [-0.4, -0.2) is 18.6 Å². The summed E-state index contributed by atoms with van der Waals surface area (Å²) in [5.41, 5.74) is 0.0200. The summed E-state index contributed by atoms with van der Waals surface area (Å²) in [6.45, 7) is 2.83. The minimum Gasteiger partial charge on any atom is -0.493 e. The highest BCUT2D eigenvalue weighted by Crippen LogP contribution is 2.41. The molecule has 19 heavy (non-hydrogen) atoms. The van der Waals surface area contributed by atoms with Gasteiger partial charge in [0.15, 0.2) is 11.5 Å². The highest BCUT2D eigenvalue weighted by atomic mass is 16.6. The van der Waals surface area contributed by atoms with Crippen LogP contribution in [0.25, 0.3) is 0 Å². The van der Waals surface area contributed by atoms with Gasteiger partial charge in [-0.15, -0.1) is 0 Å². The normalized spacial score (nSPS) is 20.9. The molecule has 0 bridgehead atoms. The van der Waals surface area contributed by atoms with Gasteiger partial charge in [0.1, 0.15) is 0 Å². The number of nitro groups is 1. The molecule has 0 saturated heterocycles. The first-order valence-electron chi connectivity index (χ1n) is 6.57. The molecule has 1 fully saturated rings. The smallest absolute Gasteiger partial charge is 0.273 e. The number of methoxy groups -OCH3 is 1. The lowest BCUT2D eigenvalue weighted by atomic mass is 10.2. The average molecular weight is 265 g/mol. The second-order valence-electron chi connectivity index (χ2n) is 5.06. The van der Waals surface area contributed by atoms with Crippen LogP contribution in [0.2, 0.25) is 0 Å². The Morgan fingerprint density at radius 2 is 2.16 bits per heavy atom. The first-order chi connectivity index (χ1) is 9.11. The van der Waals surface area contributed by atoms with Crippen LogP contribution < -0.4 is 9.47 Å². The highest BCUT2D eigenvalue weighted by Gasteiger charge is 2.31. The predicted molar refractivity (Wildman–Crippen MR) is 71.6 cm³/mol. The third kappa shape index (κ3) is 3.59. The van der Waals surface area contributed by atoms with Crippen LogP contribution in [0.5, 0.6) is 11.5 Å². The van der Waals surface area contributed by atoms with Crippen molar-refractivity contribution in [3.05, 3.63) is 28.3 Å². The zero-order valence-electron chi connectivity index (χ0n) is 11.3. The van der Waals surface area contributed by atoms with Crippen molar-refractivity contribution in [2.45, 2.75) is 26.2 Å². The van der Waals surface area contributed by atoms with E-state index >= 15 is 0 Å². The number of non-ortho nitro benzene ring substituents is 1. The fraction of sp³-hybridized carbons (Fsp3) is 0.571. The van der Waals surface area contributed by atoms with E-state index in [9.17, 15) is 10.1 Å². The fourth-order valence-electron chi connectivity index (χ4n) is 2.22. The van der Waals surface area contributed by atoms with E-state index in [2.05, 4.69) is 6.92 Å². The summed E-state index contributed by atoms with van der Waals surface area (Å²) in [5.74, 6) is 2.67. The molecule has 5 heteroatoms. The van der Waals surface area contributed by atoms with E-state index in [1.54, 1.807) is 6.07 Å². The van der Waals surface area contributed by atoms with E-state index in [0.29, 0.717) is 18.1 Å². The average Bonchev–Trinajstić information content (AvgIpc) is 3.10. The van der Waals surface area contributed by atoms with Crippen molar-refractivity contribution in [3.63, 3.8) is 0 Å². The van der Waals surface area contributed by atoms with Crippen molar-refractivity contribution in [3.8, 4) is 11.5 Å². The third-order valence-corrected chi connectivity index (χ3v) is 3.61. The van der Waals surface area contributed by atoms with Crippen molar-refractivity contribution in [2.24, 2.45) is 11.8 Å². The topological polar surface area (TPSA) is 61.6 Å². The minimum atomic E-state index is -0.432. The molecule has 2 atom stereocenters. The van der Waals surface area contributed by atoms with Crippen LogP contribution in [0.3, 0.4) is 0 Å². The molecule has 1 aromatic rings. The lowest BCUT2D eigenvalue weighted by Crippen LogP contribution is -2.01. The van der Waals surface area contributed by atoms with Crippen LogP contribution in [0.15, 0.2) is 18.2 Å². The van der Waals surface area contributed by atoms with Gasteiger partial charge in [-0.05, 0) is 37.2 Å². The first kappa shape index (κ1) is 13.6. The van der Waals surface area contributed by atoms with Gasteiger partial charge >= 0.3 is 0 Å². The molecular weight excluding hydrogens is 246 g/mol. The number of hydrogen-bond acceptors (Lipinski definition) is 4. The van der Waals surface area contributed by atoms with Crippen molar-refractivity contribution in [2.75, 3.05) is 13.7 Å². The summed E-state index contributed by atoms with van der Waals surface area (Å²) in [6, 6.07) is 4.40. The quantitative estimate of drug-likeness (QED) is 0.430. The van der Waals surface area contributed by atoms with Crippen LogP contribution in [-0.2, 0) is 0 Å². The van der Waals surface area contributed by atoms with Gasteiger partial charge in [0.25, 0.3) is 5.69 Å². The molecule has 0 N–H and O–H groups in total. The van der Waals surface area contributed by atoms with Crippen molar-refractivity contribution in [1.29, 1.82) is 0 Å². The molecule has 1 saturated carbocycles. The molecule has 1 aromatic carbocycles. The standard InChI is InChI=1S/C14H19NO4/c1-10-8-11(10)4-3-7-19-14-9-12(15(16)17)5-6-13(14)18-2/h5-6,9-11H,3-4,7-8H2,1-2H3/t10-,11+/m1/s1. The molecule has 2 rings (SSSR count). The Bertz CT molecular complexity index is 461. The Morgan fingerprint density at radius 1 is 1.42 bits per heavy atom. The van der Waals surface area contributed by atoms with E-state index in [1.807, 2.05) is 0 Å². The predicted octanol–water partition coefficient (Wildman–Crippen LogP) is 3.42. The second-order valence-corrected chi connectivity index (χ2v) is 5.06. The lowest BCUT2D eigenvalue weighted by molar-refractivity contribution is -0.385. The summed E-state index contributed by atoms with van der Waals surface area (Å²) >= 11 is 0. The molecule has 1 aliphatic carbocycles. The number of hydrogen-bond donors (Lipinski definition) is 0. The van der Waals surface area contributed by atoms with Crippen molar-refractivity contribution >= 4 is 5.69 Å². The van der Waals surface area contributed by atoms with E-state index < -0.39 is 4.92 Å². The Labute approximate surface area is 112 Å². The van der Waals surface area contributed by atoms with Gasteiger partial charge in [-0.2, -0.15) is 0 Å². The van der Waals surface area contributed by atoms with Gasteiger partial charge in [0.2, 0.25) is 0 Å². The summed E-state index contributed by atoms with van der Waals surface area (Å²) < 4.78 is 10.7. The molecule has 0 aliphatic heterocycles. The Kier molecular flexibility index (Phi) is 4.24. The molecule has 1 aliphatic rings. The number of nitrogens with zero attached hydrogens (tertiary/aromatic N) is 1. The first-order valence-corrected chi connectivity index (χ1v) is 6.57. The molecule has 0 radical (unpaired) electrons. The van der Waals surface area contributed by atoms with Gasteiger partial charge in [0.05, 0.1) is 24.7 Å². The molecule has 0 unspecified atom stereocenters. The summed E-state index contributed by atoms with van der Waals surface area (Å²) in [5, 5.41) is 10.7. The molecule has 0 aromatic heterocycles. The number of benzene rings is 1. The van der Waals surface area contributed by atoms with E-state index in [4.69, 9.17) is 9.47 Å². The van der Waals surface area contributed by atoms with Gasteiger partial charge in [-0.3, -0.25) is 10.1 Å².